The number of hydrogen-bond donors (Lipinski definition) is 2. The molecule has 0 aliphatic rings. The Morgan fingerprint density at radius 2 is 2.21 bits per heavy atom. The first-order valence-corrected chi connectivity index (χ1v) is 7.75. The van der Waals surface area contributed by atoms with Crippen LogP contribution in [0.2, 0.25) is 5.02 Å². The molecule has 1 amide bonds. The summed E-state index contributed by atoms with van der Waals surface area (Å²) < 4.78 is 0. The standard InChI is InChI=1S/C13H20ClN3OS/c1-17(2)12-5-4-9(14)8-11(12)16-13(18)10(15)6-7-19-3/h4-5,8,10H,6-7,15H2,1-3H3,(H,16,18)/t10-/m1/s1. The molecule has 1 aromatic carbocycles. The third-order valence-corrected chi connectivity index (χ3v) is 3.55. The van der Waals surface area contributed by atoms with E-state index < -0.39 is 6.04 Å². The number of thioether (sulfide) groups is 1. The van der Waals surface area contributed by atoms with E-state index in [0.717, 1.165) is 11.4 Å². The van der Waals surface area contributed by atoms with E-state index in [1.807, 2.05) is 31.3 Å². The molecule has 0 aromatic heterocycles. The van der Waals surface area contributed by atoms with Crippen LogP contribution in [0.5, 0.6) is 0 Å². The average molecular weight is 302 g/mol. The Kier molecular flexibility index (Phi) is 6.48. The van der Waals surface area contributed by atoms with Gasteiger partial charge >= 0.3 is 0 Å². The van der Waals surface area contributed by atoms with Gasteiger partial charge in [-0.25, -0.2) is 0 Å². The fourth-order valence-electron chi connectivity index (χ4n) is 1.60. The number of nitrogens with one attached hydrogen (secondary N) is 1. The molecule has 3 N–H and O–H groups in total. The average Bonchev–Trinajstić information content (AvgIpc) is 2.35. The number of halogens is 1. The van der Waals surface area contributed by atoms with Crippen LogP contribution in [0.3, 0.4) is 0 Å². The smallest absolute Gasteiger partial charge is 0.241 e. The lowest BCUT2D eigenvalue weighted by Crippen LogP contribution is -2.36. The molecule has 0 saturated heterocycles. The second kappa shape index (κ2) is 7.62. The van der Waals surface area contributed by atoms with Crippen molar-refractivity contribution < 1.29 is 4.79 Å². The van der Waals surface area contributed by atoms with Crippen LogP contribution in [-0.4, -0.2) is 38.1 Å². The molecule has 0 aliphatic carbocycles. The van der Waals surface area contributed by atoms with E-state index in [0.29, 0.717) is 17.1 Å². The normalized spacial score (nSPS) is 12.1. The first kappa shape index (κ1) is 16.1. The van der Waals surface area contributed by atoms with Gasteiger partial charge in [0.15, 0.2) is 0 Å². The highest BCUT2D eigenvalue weighted by Crippen LogP contribution is 2.27. The fraction of sp³-hybridized carbons (Fsp3) is 0.462. The highest BCUT2D eigenvalue weighted by Gasteiger charge is 2.15. The van der Waals surface area contributed by atoms with Gasteiger partial charge in [0.2, 0.25) is 5.91 Å². The summed E-state index contributed by atoms with van der Waals surface area (Å²) in [6.07, 6.45) is 2.65. The molecule has 19 heavy (non-hydrogen) atoms. The molecule has 1 atom stereocenters. The molecule has 1 rings (SSSR count). The maximum absolute atomic E-state index is 12.0. The minimum atomic E-state index is -0.499. The molecule has 0 saturated carbocycles. The topological polar surface area (TPSA) is 58.4 Å². The largest absolute Gasteiger partial charge is 0.376 e. The van der Waals surface area contributed by atoms with Gasteiger partial charge in [0, 0.05) is 19.1 Å². The molecule has 0 fully saturated rings. The van der Waals surface area contributed by atoms with Crippen molar-refractivity contribution in [2.45, 2.75) is 12.5 Å². The molecule has 0 spiro atoms. The van der Waals surface area contributed by atoms with E-state index in [9.17, 15) is 4.79 Å². The van der Waals surface area contributed by atoms with Gasteiger partial charge in [0.1, 0.15) is 0 Å². The number of carbonyl (C=O) groups is 1. The zero-order valence-electron chi connectivity index (χ0n) is 11.4. The van der Waals surface area contributed by atoms with Crippen LogP contribution in [0, 0.1) is 0 Å². The van der Waals surface area contributed by atoms with Crippen molar-refractivity contribution in [1.82, 2.24) is 0 Å². The van der Waals surface area contributed by atoms with Gasteiger partial charge in [-0.15, -0.1) is 0 Å². The number of amides is 1. The van der Waals surface area contributed by atoms with Gasteiger partial charge in [0.05, 0.1) is 17.4 Å². The minimum absolute atomic E-state index is 0.181. The number of nitrogens with two attached hydrogens (primary N) is 1. The Hall–Kier alpha value is -0.910. The van der Waals surface area contributed by atoms with E-state index >= 15 is 0 Å². The number of benzene rings is 1. The zero-order chi connectivity index (χ0) is 14.4. The van der Waals surface area contributed by atoms with Crippen LogP contribution in [0.4, 0.5) is 11.4 Å². The highest BCUT2D eigenvalue weighted by molar-refractivity contribution is 7.98. The zero-order valence-corrected chi connectivity index (χ0v) is 13.0. The number of carbonyl (C=O) groups excluding carboxylic acids is 1. The summed E-state index contributed by atoms with van der Waals surface area (Å²) in [6.45, 7) is 0. The lowest BCUT2D eigenvalue weighted by atomic mass is 10.2. The highest BCUT2D eigenvalue weighted by atomic mass is 35.5. The van der Waals surface area contributed by atoms with Gasteiger partial charge < -0.3 is 16.0 Å². The Morgan fingerprint density at radius 1 is 1.53 bits per heavy atom. The molecule has 0 radical (unpaired) electrons. The lowest BCUT2D eigenvalue weighted by molar-refractivity contribution is -0.117. The quantitative estimate of drug-likeness (QED) is 0.847. The Balaban J connectivity index is 2.80. The van der Waals surface area contributed by atoms with Crippen molar-refractivity contribution >= 4 is 40.6 Å². The number of anilines is 2. The Bertz CT molecular complexity index is 440. The molecular formula is C13H20ClN3OS. The summed E-state index contributed by atoms with van der Waals surface area (Å²) in [4.78, 5) is 13.9. The molecule has 0 unspecified atom stereocenters. The summed E-state index contributed by atoms with van der Waals surface area (Å²) >= 11 is 7.64. The molecule has 0 aliphatic heterocycles. The monoisotopic (exact) mass is 301 g/mol. The molecule has 0 bridgehead atoms. The van der Waals surface area contributed by atoms with E-state index in [4.69, 9.17) is 17.3 Å². The second-order valence-electron chi connectivity index (χ2n) is 4.43. The van der Waals surface area contributed by atoms with E-state index in [-0.39, 0.29) is 5.91 Å². The van der Waals surface area contributed by atoms with Gasteiger partial charge in [-0.05, 0) is 36.6 Å². The van der Waals surface area contributed by atoms with Crippen molar-refractivity contribution in [3.63, 3.8) is 0 Å². The van der Waals surface area contributed by atoms with E-state index in [1.165, 1.54) is 0 Å². The molecule has 106 valence electrons. The number of nitrogens with zero attached hydrogens (tertiary/aromatic N) is 1. The van der Waals surface area contributed by atoms with Crippen molar-refractivity contribution in [3.05, 3.63) is 23.2 Å². The summed E-state index contributed by atoms with van der Waals surface area (Å²) in [6, 6.07) is 4.89. The third kappa shape index (κ3) is 4.93. The van der Waals surface area contributed by atoms with Crippen LogP contribution in [-0.2, 0) is 4.79 Å². The third-order valence-electron chi connectivity index (χ3n) is 2.67. The Labute approximate surface area is 123 Å². The van der Waals surface area contributed by atoms with Gasteiger partial charge in [0.25, 0.3) is 0 Å². The maximum Gasteiger partial charge on any atom is 0.241 e. The summed E-state index contributed by atoms with van der Waals surface area (Å²) in [5.74, 6) is 0.685. The number of rotatable bonds is 6. The molecule has 4 nitrogen and oxygen atoms in total. The van der Waals surface area contributed by atoms with Crippen LogP contribution < -0.4 is 16.0 Å². The van der Waals surface area contributed by atoms with Crippen LogP contribution in [0.15, 0.2) is 18.2 Å². The molecular weight excluding hydrogens is 282 g/mol. The van der Waals surface area contributed by atoms with Crippen molar-refractivity contribution in [2.75, 3.05) is 36.3 Å². The first-order chi connectivity index (χ1) is 8.95. The van der Waals surface area contributed by atoms with Crippen LogP contribution in [0.25, 0.3) is 0 Å². The number of hydrogen-bond acceptors (Lipinski definition) is 4. The van der Waals surface area contributed by atoms with Crippen LogP contribution >= 0.6 is 23.4 Å². The SMILES string of the molecule is CSCC[C@@H](N)C(=O)Nc1cc(Cl)ccc1N(C)C. The minimum Gasteiger partial charge on any atom is -0.376 e. The molecule has 0 heterocycles. The fourth-order valence-corrected chi connectivity index (χ4v) is 2.26. The van der Waals surface area contributed by atoms with E-state index in [2.05, 4.69) is 5.32 Å². The first-order valence-electron chi connectivity index (χ1n) is 5.98. The predicted octanol–water partition coefficient (Wildman–Crippen LogP) is 2.42. The Morgan fingerprint density at radius 3 is 2.79 bits per heavy atom. The van der Waals surface area contributed by atoms with Gasteiger partial charge in [-0.2, -0.15) is 11.8 Å². The molecule has 1 aromatic rings. The predicted molar refractivity (Wildman–Crippen MR) is 85.4 cm³/mol. The lowest BCUT2D eigenvalue weighted by Gasteiger charge is -2.19. The van der Waals surface area contributed by atoms with Crippen LogP contribution in [0.1, 0.15) is 6.42 Å². The van der Waals surface area contributed by atoms with Crippen molar-refractivity contribution in [2.24, 2.45) is 5.73 Å². The van der Waals surface area contributed by atoms with Gasteiger partial charge in [-0.1, -0.05) is 11.6 Å². The van der Waals surface area contributed by atoms with Crippen molar-refractivity contribution in [3.8, 4) is 0 Å². The summed E-state index contributed by atoms with van der Waals surface area (Å²) in [5, 5.41) is 3.42. The maximum atomic E-state index is 12.0. The second-order valence-corrected chi connectivity index (χ2v) is 5.86. The van der Waals surface area contributed by atoms with E-state index in [1.54, 1.807) is 23.9 Å². The van der Waals surface area contributed by atoms with Gasteiger partial charge in [-0.3, -0.25) is 4.79 Å². The summed E-state index contributed by atoms with van der Waals surface area (Å²) in [5.41, 5.74) is 7.42. The van der Waals surface area contributed by atoms with Crippen molar-refractivity contribution in [1.29, 1.82) is 0 Å². The molecule has 6 heteroatoms. The summed E-state index contributed by atoms with van der Waals surface area (Å²) in [7, 11) is 3.82.